The van der Waals surface area contributed by atoms with Crippen molar-refractivity contribution in [1.82, 2.24) is 9.34 Å². The van der Waals surface area contributed by atoms with Crippen LogP contribution in [-0.2, 0) is 0 Å². The van der Waals surface area contributed by atoms with Crippen LogP contribution in [0.4, 0.5) is 0 Å². The van der Waals surface area contributed by atoms with Gasteiger partial charge in [-0.2, -0.15) is 9.34 Å². The summed E-state index contributed by atoms with van der Waals surface area (Å²) < 4.78 is 17.9. The molecule has 5 heteroatoms. The highest BCUT2D eigenvalue weighted by molar-refractivity contribution is 7.74. The maximum absolute atomic E-state index is 6.28. The second-order valence-electron chi connectivity index (χ2n) is 7.56. The van der Waals surface area contributed by atoms with Crippen molar-refractivity contribution in [3.63, 3.8) is 0 Å². The van der Waals surface area contributed by atoms with Crippen molar-refractivity contribution in [2.24, 2.45) is 0 Å². The number of benzene rings is 1. The monoisotopic (exact) mass is 375 g/mol. The summed E-state index contributed by atoms with van der Waals surface area (Å²) in [5.74, 6) is 5.23. The number of piperidine rings is 2. The van der Waals surface area contributed by atoms with Crippen molar-refractivity contribution < 1.29 is 9.47 Å². The zero-order valence-corrected chi connectivity index (χ0v) is 16.9. The molecule has 0 radical (unpaired) electrons. The van der Waals surface area contributed by atoms with Gasteiger partial charge in [-0.15, -0.1) is 0 Å². The van der Waals surface area contributed by atoms with Gasteiger partial charge in [-0.25, -0.2) is 0 Å². The van der Waals surface area contributed by atoms with Crippen molar-refractivity contribution >= 4 is 7.56 Å². The van der Waals surface area contributed by atoms with E-state index in [1.165, 1.54) is 70.9 Å². The van der Waals surface area contributed by atoms with E-state index in [1.54, 1.807) is 0 Å². The lowest BCUT2D eigenvalue weighted by Gasteiger charge is -2.44. The van der Waals surface area contributed by atoms with Crippen LogP contribution in [0.3, 0.4) is 0 Å². The molecule has 0 N–H and O–H groups in total. The van der Waals surface area contributed by atoms with E-state index in [2.05, 4.69) is 22.1 Å². The molecule has 0 amide bonds. The van der Waals surface area contributed by atoms with Gasteiger partial charge in [0.25, 0.3) is 0 Å². The lowest BCUT2D eigenvalue weighted by molar-refractivity contribution is 0.231. The fraction of sp³-hybridized carbons (Fsp3) is 0.619. The van der Waals surface area contributed by atoms with Gasteiger partial charge in [-0.05, 0) is 44.7 Å². The standard InChI is InChI=1S/C21H32N2O2P/c1-2-26(22-13-7-3-8-14-22,23-15-9-4-10-16-23)18-19-17-24-20-11-5-6-12-21(20)25-19/h5-6,11-12,18H,2-4,7-10,13-17H2,1H3/q+1. The van der Waals surface area contributed by atoms with Crippen LogP contribution in [0.2, 0.25) is 0 Å². The molecule has 0 atom stereocenters. The van der Waals surface area contributed by atoms with E-state index in [0.29, 0.717) is 6.61 Å². The zero-order valence-electron chi connectivity index (χ0n) is 16.0. The van der Waals surface area contributed by atoms with Crippen molar-refractivity contribution in [1.29, 1.82) is 0 Å². The largest absolute Gasteiger partial charge is 0.482 e. The molecule has 4 rings (SSSR count). The van der Waals surface area contributed by atoms with Crippen LogP contribution in [0, 0.1) is 0 Å². The fourth-order valence-corrected chi connectivity index (χ4v) is 8.75. The van der Waals surface area contributed by atoms with Crippen LogP contribution in [-0.4, -0.2) is 48.3 Å². The quantitative estimate of drug-likeness (QED) is 0.681. The minimum Gasteiger partial charge on any atom is -0.482 e. The molecule has 0 spiro atoms. The molecule has 0 unspecified atom stereocenters. The van der Waals surface area contributed by atoms with Crippen LogP contribution in [0.5, 0.6) is 11.5 Å². The number of hydrogen-bond donors (Lipinski definition) is 0. The Labute approximate surface area is 158 Å². The summed E-state index contributed by atoms with van der Waals surface area (Å²) in [5.41, 5.74) is 0. The fourth-order valence-electron chi connectivity index (χ4n) is 4.55. The van der Waals surface area contributed by atoms with E-state index in [9.17, 15) is 0 Å². The summed E-state index contributed by atoms with van der Waals surface area (Å²) in [6, 6.07) is 8.02. The van der Waals surface area contributed by atoms with Gasteiger partial charge in [0.05, 0.1) is 6.16 Å². The van der Waals surface area contributed by atoms with Crippen molar-refractivity contribution in [3.8, 4) is 11.5 Å². The summed E-state index contributed by atoms with van der Waals surface area (Å²) in [7, 11) is -1.51. The Morgan fingerprint density at radius 3 is 2.04 bits per heavy atom. The molecule has 26 heavy (non-hydrogen) atoms. The normalized spacial score (nSPS) is 24.0. The molecule has 0 aromatic heterocycles. The summed E-state index contributed by atoms with van der Waals surface area (Å²) in [6.07, 6.45) is 9.28. The van der Waals surface area contributed by atoms with Crippen LogP contribution < -0.4 is 9.47 Å². The molecular weight excluding hydrogens is 343 g/mol. The van der Waals surface area contributed by atoms with Crippen LogP contribution in [0.1, 0.15) is 45.4 Å². The summed E-state index contributed by atoms with van der Waals surface area (Å²) in [4.78, 5) is 0. The van der Waals surface area contributed by atoms with Gasteiger partial charge < -0.3 is 9.47 Å². The zero-order chi connectivity index (χ0) is 17.8. The van der Waals surface area contributed by atoms with Crippen molar-refractivity contribution in [2.45, 2.75) is 45.4 Å². The molecule has 3 aliphatic heterocycles. The molecule has 2 saturated heterocycles. The Morgan fingerprint density at radius 1 is 0.885 bits per heavy atom. The number of ether oxygens (including phenoxy) is 2. The third-order valence-corrected chi connectivity index (χ3v) is 10.3. The number of hydrogen-bond acceptors (Lipinski definition) is 4. The highest BCUT2D eigenvalue weighted by Gasteiger charge is 2.49. The molecule has 1 aromatic rings. The lowest BCUT2D eigenvalue weighted by Crippen LogP contribution is -2.41. The Morgan fingerprint density at radius 2 is 1.46 bits per heavy atom. The van der Waals surface area contributed by atoms with Crippen LogP contribution in [0.15, 0.2) is 35.8 Å². The van der Waals surface area contributed by atoms with E-state index < -0.39 is 7.56 Å². The summed E-state index contributed by atoms with van der Waals surface area (Å²) >= 11 is 0. The minimum atomic E-state index is -1.51. The molecule has 142 valence electrons. The van der Waals surface area contributed by atoms with Crippen LogP contribution in [0.25, 0.3) is 0 Å². The van der Waals surface area contributed by atoms with Crippen molar-refractivity contribution in [3.05, 3.63) is 35.8 Å². The van der Waals surface area contributed by atoms with Crippen molar-refractivity contribution in [2.75, 3.05) is 38.9 Å². The van der Waals surface area contributed by atoms with E-state index >= 15 is 0 Å². The number of para-hydroxylation sites is 2. The molecule has 0 bridgehead atoms. The molecule has 0 aliphatic carbocycles. The molecule has 0 saturated carbocycles. The van der Waals surface area contributed by atoms with E-state index in [1.807, 2.05) is 24.3 Å². The van der Waals surface area contributed by atoms with Crippen LogP contribution >= 0.6 is 7.56 Å². The van der Waals surface area contributed by atoms with E-state index in [4.69, 9.17) is 9.47 Å². The third-order valence-electron chi connectivity index (χ3n) is 5.92. The van der Waals surface area contributed by atoms with Gasteiger partial charge in [0.1, 0.15) is 12.4 Å². The van der Waals surface area contributed by atoms with Gasteiger partial charge in [-0.3, -0.25) is 0 Å². The first-order chi connectivity index (χ1) is 12.8. The number of rotatable bonds is 4. The first kappa shape index (κ1) is 18.3. The first-order valence-corrected chi connectivity index (χ1v) is 12.3. The molecule has 1 aromatic carbocycles. The Balaban J connectivity index is 1.65. The smallest absolute Gasteiger partial charge is 0.181 e. The second kappa shape index (κ2) is 8.29. The lowest BCUT2D eigenvalue weighted by atomic mass is 10.2. The molecule has 2 fully saturated rings. The van der Waals surface area contributed by atoms with Gasteiger partial charge >= 0.3 is 0 Å². The Kier molecular flexibility index (Phi) is 5.83. The number of fused-ring (bicyclic) bond motifs is 1. The Bertz CT molecular complexity index is 619. The summed E-state index contributed by atoms with van der Waals surface area (Å²) in [6.45, 7) is 7.88. The SMILES string of the molecule is CC[P+](C=C1COc2ccccc2O1)(N1CCCCC1)N1CCCCC1. The highest BCUT2D eigenvalue weighted by Crippen LogP contribution is 2.68. The third kappa shape index (κ3) is 3.65. The molecule has 3 heterocycles. The predicted molar refractivity (Wildman–Crippen MR) is 109 cm³/mol. The maximum Gasteiger partial charge on any atom is 0.181 e. The summed E-state index contributed by atoms with van der Waals surface area (Å²) in [5, 5.41) is 0. The average molecular weight is 375 g/mol. The topological polar surface area (TPSA) is 24.9 Å². The molecule has 4 nitrogen and oxygen atoms in total. The minimum absolute atomic E-state index is 0.556. The van der Waals surface area contributed by atoms with Gasteiger partial charge in [0, 0.05) is 26.2 Å². The van der Waals surface area contributed by atoms with Gasteiger partial charge in [0.2, 0.25) is 0 Å². The average Bonchev–Trinajstić information content (AvgIpc) is 2.73. The molecule has 3 aliphatic rings. The molecular formula is C21H32N2O2P+. The Hall–Kier alpha value is -1.09. The first-order valence-electron chi connectivity index (χ1n) is 10.3. The predicted octanol–water partition coefficient (Wildman–Crippen LogP) is 5.14. The number of nitrogens with zero attached hydrogens (tertiary/aromatic N) is 2. The maximum atomic E-state index is 6.28. The van der Waals surface area contributed by atoms with Gasteiger partial charge in [-0.1, -0.05) is 25.0 Å². The second-order valence-corrected chi connectivity index (χ2v) is 11.2. The van der Waals surface area contributed by atoms with Gasteiger partial charge in [0.15, 0.2) is 24.8 Å². The highest BCUT2D eigenvalue weighted by atomic mass is 31.2. The van der Waals surface area contributed by atoms with E-state index in [-0.39, 0.29) is 0 Å². The van der Waals surface area contributed by atoms with E-state index in [0.717, 1.165) is 17.3 Å².